The van der Waals surface area contributed by atoms with Gasteiger partial charge in [-0.2, -0.15) is 5.26 Å². The molecule has 0 atom stereocenters. The van der Waals surface area contributed by atoms with Crippen molar-refractivity contribution in [2.24, 2.45) is 11.3 Å². The highest BCUT2D eigenvalue weighted by Gasteiger charge is 2.33. The first-order valence-electron chi connectivity index (χ1n) is 6.76. The molecule has 0 unspecified atom stereocenters. The minimum atomic E-state index is 0.570. The van der Waals surface area contributed by atoms with Crippen LogP contribution < -0.4 is 5.32 Å². The number of nitrogens with one attached hydrogen (secondary N) is 1. The monoisotopic (exact) mass is 222 g/mol. The molecule has 1 fully saturated rings. The highest BCUT2D eigenvalue weighted by molar-refractivity contribution is 4.87. The smallest absolute Gasteiger partial charge is 0.0622 e. The zero-order valence-corrected chi connectivity index (χ0v) is 10.9. The zero-order valence-electron chi connectivity index (χ0n) is 10.9. The normalized spacial score (nSPS) is 18.9. The zero-order chi connectivity index (χ0) is 11.9. The molecule has 16 heavy (non-hydrogen) atoms. The Kier molecular flexibility index (Phi) is 5.84. The van der Waals surface area contributed by atoms with Gasteiger partial charge in [-0.1, -0.05) is 26.7 Å². The Morgan fingerprint density at radius 3 is 2.56 bits per heavy atom. The molecule has 0 spiro atoms. The summed E-state index contributed by atoms with van der Waals surface area (Å²) in [5, 5.41) is 12.0. The van der Waals surface area contributed by atoms with Gasteiger partial charge in [0, 0.05) is 13.0 Å². The van der Waals surface area contributed by atoms with Gasteiger partial charge >= 0.3 is 0 Å². The van der Waals surface area contributed by atoms with Crippen molar-refractivity contribution in [1.29, 1.82) is 5.26 Å². The fraction of sp³-hybridized carbons (Fsp3) is 0.929. The van der Waals surface area contributed by atoms with E-state index in [0.717, 1.165) is 25.4 Å². The lowest BCUT2D eigenvalue weighted by molar-refractivity contribution is 0.224. The molecular formula is C14H26N2. The highest BCUT2D eigenvalue weighted by Crippen LogP contribution is 2.42. The maximum Gasteiger partial charge on any atom is 0.0622 e. The summed E-state index contributed by atoms with van der Waals surface area (Å²) in [5.74, 6) is 0.805. The van der Waals surface area contributed by atoms with E-state index in [4.69, 9.17) is 5.26 Å². The Morgan fingerprint density at radius 2 is 2.00 bits per heavy atom. The first-order chi connectivity index (χ1) is 7.68. The summed E-state index contributed by atoms with van der Waals surface area (Å²) in [5.41, 5.74) is 0.570. The molecule has 0 heterocycles. The Morgan fingerprint density at radius 1 is 1.31 bits per heavy atom. The topological polar surface area (TPSA) is 35.8 Å². The van der Waals surface area contributed by atoms with Crippen LogP contribution in [0.1, 0.15) is 58.8 Å². The first-order valence-corrected chi connectivity index (χ1v) is 6.76. The van der Waals surface area contributed by atoms with E-state index in [9.17, 15) is 0 Å². The number of nitriles is 1. The van der Waals surface area contributed by atoms with Crippen LogP contribution in [0.3, 0.4) is 0 Å². The van der Waals surface area contributed by atoms with E-state index in [0.29, 0.717) is 11.8 Å². The van der Waals surface area contributed by atoms with E-state index in [1.165, 1.54) is 32.1 Å². The van der Waals surface area contributed by atoms with Crippen LogP contribution in [0.25, 0.3) is 0 Å². The van der Waals surface area contributed by atoms with Gasteiger partial charge in [-0.25, -0.2) is 0 Å². The van der Waals surface area contributed by atoms with Crippen molar-refractivity contribution in [3.63, 3.8) is 0 Å². The Hall–Kier alpha value is -0.550. The van der Waals surface area contributed by atoms with E-state index in [1.54, 1.807) is 0 Å². The summed E-state index contributed by atoms with van der Waals surface area (Å²) in [6.07, 6.45) is 8.66. The van der Waals surface area contributed by atoms with Crippen LogP contribution in [0.4, 0.5) is 0 Å². The predicted octanol–water partition coefficient (Wildman–Crippen LogP) is 3.49. The van der Waals surface area contributed by atoms with Gasteiger partial charge in [-0.05, 0) is 43.6 Å². The van der Waals surface area contributed by atoms with Crippen molar-refractivity contribution in [2.75, 3.05) is 13.1 Å². The van der Waals surface area contributed by atoms with Gasteiger partial charge in [-0.15, -0.1) is 0 Å². The summed E-state index contributed by atoms with van der Waals surface area (Å²) in [6.45, 7) is 6.83. The van der Waals surface area contributed by atoms with Gasteiger partial charge in [0.2, 0.25) is 0 Å². The van der Waals surface area contributed by atoms with Crippen LogP contribution in [-0.2, 0) is 0 Å². The van der Waals surface area contributed by atoms with Gasteiger partial charge in [-0.3, -0.25) is 0 Å². The lowest BCUT2D eigenvalue weighted by Crippen LogP contribution is -2.33. The second kappa shape index (κ2) is 6.91. The second-order valence-electron chi connectivity index (χ2n) is 5.74. The molecule has 1 N–H and O–H groups in total. The van der Waals surface area contributed by atoms with Crippen LogP contribution in [0, 0.1) is 22.7 Å². The maximum atomic E-state index is 8.47. The van der Waals surface area contributed by atoms with E-state index in [1.807, 2.05) is 0 Å². The van der Waals surface area contributed by atoms with Crippen molar-refractivity contribution >= 4 is 0 Å². The number of hydrogen-bond donors (Lipinski definition) is 1. The van der Waals surface area contributed by atoms with Gasteiger partial charge in [0.15, 0.2) is 0 Å². The quantitative estimate of drug-likeness (QED) is 0.669. The fourth-order valence-corrected chi connectivity index (χ4v) is 3.09. The number of unbranched alkanes of at least 4 members (excludes halogenated alkanes) is 1. The van der Waals surface area contributed by atoms with Crippen molar-refractivity contribution in [3.05, 3.63) is 0 Å². The average Bonchev–Trinajstić information content (AvgIpc) is 2.65. The summed E-state index contributed by atoms with van der Waals surface area (Å²) in [7, 11) is 0. The average molecular weight is 222 g/mol. The molecule has 0 amide bonds. The summed E-state index contributed by atoms with van der Waals surface area (Å²) in [6, 6.07) is 2.20. The van der Waals surface area contributed by atoms with Crippen molar-refractivity contribution in [1.82, 2.24) is 5.32 Å². The van der Waals surface area contributed by atoms with Crippen molar-refractivity contribution < 1.29 is 0 Å². The third-order valence-electron chi connectivity index (χ3n) is 3.65. The number of nitrogens with zero attached hydrogens (tertiary/aromatic N) is 1. The van der Waals surface area contributed by atoms with Gasteiger partial charge in [0.1, 0.15) is 0 Å². The minimum absolute atomic E-state index is 0.570. The number of hydrogen-bond acceptors (Lipinski definition) is 2. The van der Waals surface area contributed by atoms with Gasteiger partial charge < -0.3 is 5.32 Å². The third-order valence-corrected chi connectivity index (χ3v) is 3.65. The molecular weight excluding hydrogens is 196 g/mol. The van der Waals surface area contributed by atoms with E-state index < -0.39 is 0 Å². The molecule has 0 saturated heterocycles. The lowest BCUT2D eigenvalue weighted by Gasteiger charge is -2.31. The highest BCUT2D eigenvalue weighted by atomic mass is 14.9. The lowest BCUT2D eigenvalue weighted by atomic mass is 9.78. The molecule has 92 valence electrons. The van der Waals surface area contributed by atoms with Gasteiger partial charge in [0.25, 0.3) is 0 Å². The van der Waals surface area contributed by atoms with Gasteiger partial charge in [0.05, 0.1) is 6.07 Å². The Balaban J connectivity index is 2.26. The van der Waals surface area contributed by atoms with E-state index in [-0.39, 0.29) is 0 Å². The van der Waals surface area contributed by atoms with Crippen molar-refractivity contribution in [3.8, 4) is 6.07 Å². The van der Waals surface area contributed by atoms with Crippen LogP contribution in [0.2, 0.25) is 0 Å². The molecule has 0 radical (unpaired) electrons. The molecule has 0 aromatic carbocycles. The van der Waals surface area contributed by atoms with E-state index in [2.05, 4.69) is 25.2 Å². The molecule has 2 heteroatoms. The standard InChI is InChI=1S/C14H26N2/c1-13(2)11-14(7-3-4-8-14)12-16-10-6-5-9-15/h13,16H,3-8,10-12H2,1-2H3. The van der Waals surface area contributed by atoms with Crippen molar-refractivity contribution in [2.45, 2.75) is 58.8 Å². The predicted molar refractivity (Wildman–Crippen MR) is 68.1 cm³/mol. The van der Waals surface area contributed by atoms with Crippen LogP contribution in [0.15, 0.2) is 0 Å². The third kappa shape index (κ3) is 4.53. The molecule has 1 aliphatic rings. The summed E-state index contributed by atoms with van der Waals surface area (Å²) < 4.78 is 0. The fourth-order valence-electron chi connectivity index (χ4n) is 3.09. The van der Waals surface area contributed by atoms with Crippen LogP contribution in [0.5, 0.6) is 0 Å². The first kappa shape index (κ1) is 13.5. The second-order valence-corrected chi connectivity index (χ2v) is 5.74. The molecule has 0 aliphatic heterocycles. The molecule has 1 saturated carbocycles. The van der Waals surface area contributed by atoms with Crippen LogP contribution >= 0.6 is 0 Å². The SMILES string of the molecule is CC(C)CC1(CNCCCC#N)CCCC1. The molecule has 0 aromatic heterocycles. The molecule has 2 nitrogen and oxygen atoms in total. The summed E-state index contributed by atoms with van der Waals surface area (Å²) in [4.78, 5) is 0. The molecule has 1 aliphatic carbocycles. The number of rotatable bonds is 7. The molecule has 0 bridgehead atoms. The Bertz CT molecular complexity index is 221. The molecule has 0 aromatic rings. The largest absolute Gasteiger partial charge is 0.316 e. The summed E-state index contributed by atoms with van der Waals surface area (Å²) >= 11 is 0. The maximum absolute atomic E-state index is 8.47. The Labute approximate surface area is 100 Å². The van der Waals surface area contributed by atoms with E-state index >= 15 is 0 Å². The minimum Gasteiger partial charge on any atom is -0.316 e. The molecule has 1 rings (SSSR count). The van der Waals surface area contributed by atoms with Crippen LogP contribution in [-0.4, -0.2) is 13.1 Å².